The minimum atomic E-state index is -0.0912. The molecular weight excluding hydrogens is 328 g/mol. The number of nitrogens with zero attached hydrogens (tertiary/aromatic N) is 4. The highest BCUT2D eigenvalue weighted by molar-refractivity contribution is 5.90. The summed E-state index contributed by atoms with van der Waals surface area (Å²) in [6.07, 6.45) is 0. The van der Waals surface area contributed by atoms with Gasteiger partial charge in [-0.3, -0.25) is 4.79 Å². The van der Waals surface area contributed by atoms with Gasteiger partial charge in [-0.25, -0.2) is 9.97 Å². The second-order valence-corrected chi connectivity index (χ2v) is 6.26. The summed E-state index contributed by atoms with van der Waals surface area (Å²) in [6.45, 7) is 6.77. The molecule has 0 bridgehead atoms. The molecule has 1 aromatic carbocycles. The molecule has 0 aliphatic rings. The van der Waals surface area contributed by atoms with Crippen molar-refractivity contribution in [2.75, 3.05) is 11.9 Å². The largest absolute Gasteiger partial charge is 0.335 e. The fraction of sp³-hybridized carbons (Fsp3) is 0.263. The molecule has 3 aromatic rings. The van der Waals surface area contributed by atoms with Gasteiger partial charge in [0.1, 0.15) is 12.4 Å². The lowest BCUT2D eigenvalue weighted by atomic mass is 10.2. The quantitative estimate of drug-likeness (QED) is 0.700. The molecule has 0 radical (unpaired) electrons. The molecule has 0 fully saturated rings. The zero-order valence-electron chi connectivity index (χ0n) is 15.2. The standard InChI is InChI=1S/C19H22N6O/c1-13-9-14(2)22-19(21-13)25-17(10-15(3)24-25)23-18(26)12-20-11-16-7-5-4-6-8-16/h4-10,20H,11-12H2,1-3H3,(H,23,26)/p+1. The average Bonchev–Trinajstić information content (AvgIpc) is 2.95. The zero-order chi connectivity index (χ0) is 18.5. The summed E-state index contributed by atoms with van der Waals surface area (Å²) in [6, 6.07) is 13.8. The number of carbonyl (C=O) groups excluding carboxylic acids is 1. The van der Waals surface area contributed by atoms with E-state index < -0.39 is 0 Å². The fourth-order valence-electron chi connectivity index (χ4n) is 2.72. The Hall–Kier alpha value is -3.06. The van der Waals surface area contributed by atoms with Gasteiger partial charge in [-0.15, -0.1) is 0 Å². The van der Waals surface area contributed by atoms with Gasteiger partial charge in [0.25, 0.3) is 11.9 Å². The van der Waals surface area contributed by atoms with Gasteiger partial charge >= 0.3 is 0 Å². The van der Waals surface area contributed by atoms with Crippen LogP contribution in [-0.4, -0.2) is 32.2 Å². The third-order valence-corrected chi connectivity index (χ3v) is 3.81. The van der Waals surface area contributed by atoms with Crippen molar-refractivity contribution in [2.45, 2.75) is 27.3 Å². The molecule has 0 atom stereocenters. The van der Waals surface area contributed by atoms with Crippen molar-refractivity contribution >= 4 is 11.7 Å². The molecule has 2 aromatic heterocycles. The molecular formula is C19H23N6O+. The number of hydrogen-bond acceptors (Lipinski definition) is 4. The molecule has 0 saturated carbocycles. The van der Waals surface area contributed by atoms with Crippen LogP contribution in [0.25, 0.3) is 5.95 Å². The van der Waals surface area contributed by atoms with E-state index >= 15 is 0 Å². The third kappa shape index (κ3) is 4.52. The van der Waals surface area contributed by atoms with Crippen molar-refractivity contribution in [3.8, 4) is 5.95 Å². The highest BCUT2D eigenvalue weighted by Crippen LogP contribution is 2.15. The van der Waals surface area contributed by atoms with Crippen LogP contribution in [0.4, 0.5) is 5.82 Å². The number of carbonyl (C=O) groups is 1. The lowest BCUT2D eigenvalue weighted by molar-refractivity contribution is -0.659. The average molecular weight is 351 g/mol. The van der Waals surface area contributed by atoms with E-state index in [1.807, 2.05) is 68.6 Å². The molecule has 0 spiro atoms. The Bertz CT molecular complexity index is 883. The van der Waals surface area contributed by atoms with Crippen LogP contribution in [0.1, 0.15) is 22.6 Å². The van der Waals surface area contributed by atoms with Crippen LogP contribution < -0.4 is 10.6 Å². The Balaban J connectivity index is 1.67. The van der Waals surface area contributed by atoms with Crippen LogP contribution in [0.15, 0.2) is 42.5 Å². The van der Waals surface area contributed by atoms with Crippen molar-refractivity contribution in [1.29, 1.82) is 0 Å². The Morgan fingerprint density at radius 3 is 2.42 bits per heavy atom. The number of aryl methyl sites for hydroxylation is 3. The Morgan fingerprint density at radius 2 is 1.73 bits per heavy atom. The van der Waals surface area contributed by atoms with Crippen molar-refractivity contribution in [1.82, 2.24) is 19.7 Å². The highest BCUT2D eigenvalue weighted by atomic mass is 16.2. The van der Waals surface area contributed by atoms with E-state index in [0.717, 1.165) is 23.6 Å². The van der Waals surface area contributed by atoms with E-state index in [9.17, 15) is 4.79 Å². The molecule has 26 heavy (non-hydrogen) atoms. The Morgan fingerprint density at radius 1 is 1.04 bits per heavy atom. The summed E-state index contributed by atoms with van der Waals surface area (Å²) in [4.78, 5) is 21.1. The molecule has 0 aliphatic heterocycles. The van der Waals surface area contributed by atoms with E-state index in [1.165, 1.54) is 5.56 Å². The third-order valence-electron chi connectivity index (χ3n) is 3.81. The maximum Gasteiger partial charge on any atom is 0.280 e. The number of rotatable bonds is 6. The first-order valence-corrected chi connectivity index (χ1v) is 8.56. The normalized spacial score (nSPS) is 10.7. The van der Waals surface area contributed by atoms with Crippen molar-refractivity contribution in [2.24, 2.45) is 0 Å². The van der Waals surface area contributed by atoms with Gasteiger partial charge in [0.15, 0.2) is 6.54 Å². The number of amides is 1. The summed E-state index contributed by atoms with van der Waals surface area (Å²) in [5.41, 5.74) is 3.68. The van der Waals surface area contributed by atoms with Crippen LogP contribution >= 0.6 is 0 Å². The van der Waals surface area contributed by atoms with Gasteiger partial charge in [0, 0.05) is 23.0 Å². The number of hydrogen-bond donors (Lipinski definition) is 2. The number of aromatic nitrogens is 4. The van der Waals surface area contributed by atoms with E-state index in [1.54, 1.807) is 4.68 Å². The van der Waals surface area contributed by atoms with Crippen LogP contribution in [0.5, 0.6) is 0 Å². The number of nitrogens with two attached hydrogens (primary N) is 1. The SMILES string of the molecule is Cc1cc(C)nc(-n2nc(C)cc2NC(=O)C[NH2+]Cc2ccccc2)n1. The predicted octanol–water partition coefficient (Wildman–Crippen LogP) is 1.29. The molecule has 134 valence electrons. The summed E-state index contributed by atoms with van der Waals surface area (Å²) in [7, 11) is 0. The first kappa shape index (κ1) is 17.8. The highest BCUT2D eigenvalue weighted by Gasteiger charge is 2.14. The molecule has 0 unspecified atom stereocenters. The van der Waals surface area contributed by atoms with E-state index in [4.69, 9.17) is 0 Å². The number of quaternary nitrogens is 1. The van der Waals surface area contributed by atoms with Crippen LogP contribution in [0.3, 0.4) is 0 Å². The van der Waals surface area contributed by atoms with E-state index in [2.05, 4.69) is 20.4 Å². The second kappa shape index (κ2) is 7.88. The molecule has 0 saturated heterocycles. The van der Waals surface area contributed by atoms with Gasteiger partial charge in [-0.1, -0.05) is 30.3 Å². The monoisotopic (exact) mass is 351 g/mol. The zero-order valence-corrected chi connectivity index (χ0v) is 15.2. The Kier molecular flexibility index (Phi) is 5.38. The molecule has 2 heterocycles. The lowest BCUT2D eigenvalue weighted by Gasteiger charge is -2.08. The smallest absolute Gasteiger partial charge is 0.280 e. The first-order valence-electron chi connectivity index (χ1n) is 8.56. The van der Waals surface area contributed by atoms with Crippen LogP contribution in [0.2, 0.25) is 0 Å². The van der Waals surface area contributed by atoms with Crippen LogP contribution in [0, 0.1) is 20.8 Å². The number of benzene rings is 1. The number of anilines is 1. The summed E-state index contributed by atoms with van der Waals surface area (Å²) < 4.78 is 1.57. The van der Waals surface area contributed by atoms with Gasteiger partial charge in [0.05, 0.1) is 5.69 Å². The van der Waals surface area contributed by atoms with Gasteiger partial charge in [-0.05, 0) is 26.8 Å². The predicted molar refractivity (Wildman–Crippen MR) is 98.9 cm³/mol. The minimum Gasteiger partial charge on any atom is -0.335 e. The maximum atomic E-state index is 12.3. The summed E-state index contributed by atoms with van der Waals surface area (Å²) >= 11 is 0. The van der Waals surface area contributed by atoms with Crippen molar-refractivity contribution in [3.05, 3.63) is 65.1 Å². The Labute approximate surface area is 152 Å². The van der Waals surface area contributed by atoms with Gasteiger partial charge < -0.3 is 10.6 Å². The maximum absolute atomic E-state index is 12.3. The second-order valence-electron chi connectivity index (χ2n) is 6.26. The summed E-state index contributed by atoms with van der Waals surface area (Å²) in [5, 5.41) is 9.28. The molecule has 3 rings (SSSR count). The van der Waals surface area contributed by atoms with Gasteiger partial charge in [-0.2, -0.15) is 9.78 Å². The lowest BCUT2D eigenvalue weighted by Crippen LogP contribution is -2.84. The molecule has 0 aliphatic carbocycles. The van der Waals surface area contributed by atoms with Crippen LogP contribution in [-0.2, 0) is 11.3 Å². The fourth-order valence-corrected chi connectivity index (χ4v) is 2.72. The van der Waals surface area contributed by atoms with E-state index in [-0.39, 0.29) is 5.91 Å². The molecule has 3 N–H and O–H groups in total. The van der Waals surface area contributed by atoms with Gasteiger partial charge in [0.2, 0.25) is 0 Å². The van der Waals surface area contributed by atoms with Crippen molar-refractivity contribution < 1.29 is 10.1 Å². The van der Waals surface area contributed by atoms with Crippen molar-refractivity contribution in [3.63, 3.8) is 0 Å². The molecule has 1 amide bonds. The molecule has 7 heteroatoms. The first-order chi connectivity index (χ1) is 12.5. The van der Waals surface area contributed by atoms with E-state index in [0.29, 0.717) is 18.3 Å². The topological polar surface area (TPSA) is 89.3 Å². The number of nitrogens with one attached hydrogen (secondary N) is 1. The molecule has 7 nitrogen and oxygen atoms in total. The minimum absolute atomic E-state index is 0.0912. The summed E-state index contributed by atoms with van der Waals surface area (Å²) in [5.74, 6) is 0.941.